The Bertz CT molecular complexity index is 812. The summed E-state index contributed by atoms with van der Waals surface area (Å²) in [5.74, 6) is 0.818. The van der Waals surface area contributed by atoms with Crippen LogP contribution < -0.4 is 0 Å². The average Bonchev–Trinajstić information content (AvgIpc) is 3.04. The van der Waals surface area contributed by atoms with Gasteiger partial charge in [-0.3, -0.25) is 4.79 Å². The highest BCUT2D eigenvalue weighted by molar-refractivity contribution is 5.81. The lowest BCUT2D eigenvalue weighted by Crippen LogP contribution is -2.39. The highest BCUT2D eigenvalue weighted by atomic mass is 19.4. The van der Waals surface area contributed by atoms with Crippen LogP contribution in [-0.2, 0) is 17.5 Å². The topological polar surface area (TPSA) is 59.2 Å². The number of benzene rings is 1. The average molecular weight is 365 g/mol. The zero-order chi connectivity index (χ0) is 19.5. The summed E-state index contributed by atoms with van der Waals surface area (Å²) in [6, 6.07) is 6.49. The Labute approximate surface area is 149 Å². The van der Waals surface area contributed by atoms with E-state index in [2.05, 4.69) is 20.6 Å². The third-order valence-corrected chi connectivity index (χ3v) is 3.47. The van der Waals surface area contributed by atoms with Crippen LogP contribution in [0.25, 0.3) is 11.4 Å². The van der Waals surface area contributed by atoms with Crippen LogP contribution in [0.1, 0.15) is 32.2 Å². The largest absolute Gasteiger partial charge is 0.471 e. The summed E-state index contributed by atoms with van der Waals surface area (Å²) in [7, 11) is 0. The van der Waals surface area contributed by atoms with Crippen molar-refractivity contribution in [3.05, 3.63) is 35.7 Å². The normalized spacial score (nSPS) is 11.9. The van der Waals surface area contributed by atoms with Crippen LogP contribution in [0.4, 0.5) is 13.2 Å². The second kappa shape index (κ2) is 7.20. The predicted octanol–water partition coefficient (Wildman–Crippen LogP) is 3.76. The number of hydrogen-bond acceptors (Lipinski definition) is 4. The quantitative estimate of drug-likeness (QED) is 0.774. The number of carbonyl (C=O) groups is 1. The standard InChI is InChI=1S/C18H18F3N3O2/c1-5-10-24(16(25)17(2,3)4)11-12-6-8-13(9-7-12)14-22-15(26-23-14)18(19,20)21/h1,6-9H,10-11H2,2-4H3. The van der Waals surface area contributed by atoms with Crippen molar-refractivity contribution in [2.45, 2.75) is 33.5 Å². The first-order valence-corrected chi connectivity index (χ1v) is 7.75. The number of terminal acetylenes is 1. The minimum atomic E-state index is -4.69. The number of aromatic nitrogens is 2. The Morgan fingerprint density at radius 3 is 2.31 bits per heavy atom. The molecule has 0 aliphatic carbocycles. The first kappa shape index (κ1) is 19.5. The Morgan fingerprint density at radius 1 is 1.23 bits per heavy atom. The molecular formula is C18H18F3N3O2. The van der Waals surface area contributed by atoms with E-state index in [4.69, 9.17) is 6.42 Å². The van der Waals surface area contributed by atoms with Crippen LogP contribution in [0, 0.1) is 17.8 Å². The number of carbonyl (C=O) groups excluding carboxylic acids is 1. The third-order valence-electron chi connectivity index (χ3n) is 3.47. The fraction of sp³-hybridized carbons (Fsp3) is 0.389. The van der Waals surface area contributed by atoms with E-state index in [1.165, 1.54) is 0 Å². The predicted molar refractivity (Wildman–Crippen MR) is 88.4 cm³/mol. The molecular weight excluding hydrogens is 347 g/mol. The number of amides is 1. The summed E-state index contributed by atoms with van der Waals surface area (Å²) in [4.78, 5) is 17.3. The molecule has 2 rings (SSSR count). The second-order valence-corrected chi connectivity index (χ2v) is 6.73. The minimum Gasteiger partial charge on any atom is -0.329 e. The molecule has 1 aromatic carbocycles. The molecule has 0 radical (unpaired) electrons. The molecule has 5 nitrogen and oxygen atoms in total. The Kier molecular flexibility index (Phi) is 5.40. The molecule has 0 spiro atoms. The van der Waals surface area contributed by atoms with Gasteiger partial charge in [0.25, 0.3) is 0 Å². The van der Waals surface area contributed by atoms with Gasteiger partial charge in [-0.1, -0.05) is 56.1 Å². The van der Waals surface area contributed by atoms with E-state index >= 15 is 0 Å². The van der Waals surface area contributed by atoms with Crippen LogP contribution in [0.5, 0.6) is 0 Å². The lowest BCUT2D eigenvalue weighted by molar-refractivity contribution is -0.159. The van der Waals surface area contributed by atoms with E-state index in [0.717, 1.165) is 5.56 Å². The van der Waals surface area contributed by atoms with E-state index in [9.17, 15) is 18.0 Å². The van der Waals surface area contributed by atoms with Gasteiger partial charge in [-0.2, -0.15) is 18.2 Å². The van der Waals surface area contributed by atoms with E-state index in [0.29, 0.717) is 12.1 Å². The van der Waals surface area contributed by atoms with Gasteiger partial charge in [-0.15, -0.1) is 6.42 Å². The maximum absolute atomic E-state index is 12.5. The fourth-order valence-corrected chi connectivity index (χ4v) is 2.22. The van der Waals surface area contributed by atoms with Crippen LogP contribution in [0.3, 0.4) is 0 Å². The molecule has 0 saturated carbocycles. The summed E-state index contributed by atoms with van der Waals surface area (Å²) in [5.41, 5.74) is 0.579. The van der Waals surface area contributed by atoms with Crippen LogP contribution in [0.2, 0.25) is 0 Å². The van der Waals surface area contributed by atoms with E-state index in [1.54, 1.807) is 49.9 Å². The molecule has 2 aromatic rings. The lowest BCUT2D eigenvalue weighted by Gasteiger charge is -2.28. The maximum atomic E-state index is 12.5. The summed E-state index contributed by atoms with van der Waals surface area (Å²) in [5, 5.41) is 3.34. The number of alkyl halides is 3. The Balaban J connectivity index is 2.17. The molecule has 1 aromatic heterocycles. The van der Waals surface area contributed by atoms with Crippen molar-refractivity contribution in [1.82, 2.24) is 15.0 Å². The number of rotatable bonds is 4. The van der Waals surface area contributed by atoms with Gasteiger partial charge in [-0.05, 0) is 5.56 Å². The molecule has 0 saturated heterocycles. The monoisotopic (exact) mass is 365 g/mol. The Morgan fingerprint density at radius 2 is 1.85 bits per heavy atom. The van der Waals surface area contributed by atoms with Gasteiger partial charge in [0.15, 0.2) is 0 Å². The summed E-state index contributed by atoms with van der Waals surface area (Å²) in [6.07, 6.45) is 0.653. The van der Waals surface area contributed by atoms with Crippen molar-refractivity contribution >= 4 is 5.91 Å². The zero-order valence-electron chi connectivity index (χ0n) is 14.6. The van der Waals surface area contributed by atoms with Gasteiger partial charge in [0.2, 0.25) is 11.7 Å². The molecule has 0 unspecified atom stereocenters. The molecule has 138 valence electrons. The highest BCUT2D eigenvalue weighted by Crippen LogP contribution is 2.29. The van der Waals surface area contributed by atoms with Crippen molar-refractivity contribution in [3.63, 3.8) is 0 Å². The summed E-state index contributed by atoms with van der Waals surface area (Å²) in [6.45, 7) is 5.86. The molecule has 0 aliphatic heterocycles. The van der Waals surface area contributed by atoms with Crippen molar-refractivity contribution < 1.29 is 22.5 Å². The van der Waals surface area contributed by atoms with Gasteiger partial charge in [-0.25, -0.2) is 0 Å². The van der Waals surface area contributed by atoms with Crippen molar-refractivity contribution in [2.24, 2.45) is 5.41 Å². The van der Waals surface area contributed by atoms with Crippen LogP contribution in [0.15, 0.2) is 28.8 Å². The smallest absolute Gasteiger partial charge is 0.329 e. The first-order chi connectivity index (χ1) is 12.0. The lowest BCUT2D eigenvalue weighted by atomic mass is 9.94. The number of hydrogen-bond donors (Lipinski definition) is 0. The molecule has 0 bridgehead atoms. The third kappa shape index (κ3) is 4.63. The van der Waals surface area contributed by atoms with Gasteiger partial charge < -0.3 is 9.42 Å². The van der Waals surface area contributed by atoms with Crippen LogP contribution in [-0.4, -0.2) is 27.5 Å². The molecule has 26 heavy (non-hydrogen) atoms. The Hall–Kier alpha value is -2.82. The summed E-state index contributed by atoms with van der Waals surface area (Å²) >= 11 is 0. The maximum Gasteiger partial charge on any atom is 0.471 e. The molecule has 8 heteroatoms. The van der Waals surface area contributed by atoms with E-state index < -0.39 is 17.5 Å². The van der Waals surface area contributed by atoms with Crippen molar-refractivity contribution in [3.8, 4) is 23.7 Å². The molecule has 1 heterocycles. The van der Waals surface area contributed by atoms with E-state index in [1.807, 2.05) is 0 Å². The second-order valence-electron chi connectivity index (χ2n) is 6.73. The van der Waals surface area contributed by atoms with Crippen molar-refractivity contribution in [2.75, 3.05) is 6.54 Å². The zero-order valence-corrected chi connectivity index (χ0v) is 14.6. The molecule has 0 N–H and O–H groups in total. The molecule has 0 fully saturated rings. The fourth-order valence-electron chi connectivity index (χ4n) is 2.22. The van der Waals surface area contributed by atoms with Gasteiger partial charge >= 0.3 is 12.1 Å². The van der Waals surface area contributed by atoms with Gasteiger partial charge in [0.05, 0.1) is 6.54 Å². The summed E-state index contributed by atoms with van der Waals surface area (Å²) < 4.78 is 41.8. The van der Waals surface area contributed by atoms with E-state index in [-0.39, 0.29) is 18.3 Å². The number of nitrogens with zero attached hydrogens (tertiary/aromatic N) is 3. The van der Waals surface area contributed by atoms with Crippen LogP contribution >= 0.6 is 0 Å². The van der Waals surface area contributed by atoms with Gasteiger partial charge in [0, 0.05) is 17.5 Å². The highest BCUT2D eigenvalue weighted by Gasteiger charge is 2.38. The van der Waals surface area contributed by atoms with Gasteiger partial charge in [0.1, 0.15) is 0 Å². The first-order valence-electron chi connectivity index (χ1n) is 7.75. The number of halogens is 3. The molecule has 0 atom stereocenters. The van der Waals surface area contributed by atoms with Crippen molar-refractivity contribution in [1.29, 1.82) is 0 Å². The SMILES string of the molecule is C#CCN(Cc1ccc(-c2noc(C(F)(F)F)n2)cc1)C(=O)C(C)(C)C. The molecule has 1 amide bonds. The minimum absolute atomic E-state index is 0.0903. The molecule has 0 aliphatic rings.